The standard InChI is InChI=1S/C17H11Cl3N4O3/c1-26-17(25)27-16-21-15-8-23(12-4-2-9(18)6-11(12)20)13-5-3-10(19)7-14(13)24(15)22-16/h2-7H,8H2,1H3. The van der Waals surface area contributed by atoms with Crippen LogP contribution in [0.25, 0.3) is 5.69 Å². The molecule has 0 radical (unpaired) electrons. The van der Waals surface area contributed by atoms with Gasteiger partial charge in [-0.05, 0) is 36.4 Å². The van der Waals surface area contributed by atoms with Crippen LogP contribution in [-0.2, 0) is 11.3 Å². The summed E-state index contributed by atoms with van der Waals surface area (Å²) in [4.78, 5) is 17.6. The van der Waals surface area contributed by atoms with E-state index in [-0.39, 0.29) is 6.01 Å². The highest BCUT2D eigenvalue weighted by Crippen LogP contribution is 2.41. The summed E-state index contributed by atoms with van der Waals surface area (Å²) in [6, 6.07) is 10.5. The van der Waals surface area contributed by atoms with Crippen LogP contribution in [0.3, 0.4) is 0 Å². The lowest BCUT2D eigenvalue weighted by molar-refractivity contribution is 0.118. The minimum Gasteiger partial charge on any atom is -0.437 e. The van der Waals surface area contributed by atoms with Gasteiger partial charge in [-0.25, -0.2) is 9.48 Å². The van der Waals surface area contributed by atoms with E-state index in [1.54, 1.807) is 28.9 Å². The fraction of sp³-hybridized carbons (Fsp3) is 0.118. The van der Waals surface area contributed by atoms with E-state index in [0.29, 0.717) is 33.1 Å². The third-order valence-electron chi connectivity index (χ3n) is 3.95. The molecule has 0 saturated carbocycles. The molecule has 4 rings (SSSR count). The van der Waals surface area contributed by atoms with Gasteiger partial charge in [0.05, 0.1) is 35.7 Å². The van der Waals surface area contributed by atoms with Crippen molar-refractivity contribution in [2.45, 2.75) is 6.54 Å². The molecule has 2 heterocycles. The van der Waals surface area contributed by atoms with Crippen LogP contribution in [0.4, 0.5) is 16.2 Å². The number of halogens is 3. The first-order valence-electron chi connectivity index (χ1n) is 7.70. The Labute approximate surface area is 169 Å². The number of carbonyl (C=O) groups is 1. The second-order valence-corrected chi connectivity index (χ2v) is 6.87. The molecule has 0 fully saturated rings. The minimum atomic E-state index is -0.901. The lowest BCUT2D eigenvalue weighted by Crippen LogP contribution is -2.26. The van der Waals surface area contributed by atoms with Gasteiger partial charge in [-0.2, -0.15) is 4.98 Å². The predicted octanol–water partition coefficient (Wildman–Crippen LogP) is 5.02. The van der Waals surface area contributed by atoms with Crippen LogP contribution in [0.1, 0.15) is 5.82 Å². The van der Waals surface area contributed by atoms with Gasteiger partial charge in [-0.3, -0.25) is 0 Å². The van der Waals surface area contributed by atoms with Crippen LogP contribution in [0.5, 0.6) is 6.01 Å². The van der Waals surface area contributed by atoms with E-state index in [4.69, 9.17) is 39.5 Å². The van der Waals surface area contributed by atoms with Crippen molar-refractivity contribution in [1.82, 2.24) is 14.8 Å². The molecule has 0 amide bonds. The van der Waals surface area contributed by atoms with Crippen LogP contribution in [0, 0.1) is 0 Å². The van der Waals surface area contributed by atoms with Crippen molar-refractivity contribution in [3.63, 3.8) is 0 Å². The van der Waals surface area contributed by atoms with E-state index in [1.807, 2.05) is 17.0 Å². The topological polar surface area (TPSA) is 69.5 Å². The summed E-state index contributed by atoms with van der Waals surface area (Å²) >= 11 is 18.6. The van der Waals surface area contributed by atoms with Crippen molar-refractivity contribution >= 4 is 52.3 Å². The van der Waals surface area contributed by atoms with E-state index >= 15 is 0 Å². The SMILES string of the molecule is COC(=O)Oc1nc2n(n1)-c1cc(Cl)ccc1N(c1ccc(Cl)cc1Cl)C2. The third kappa shape index (κ3) is 3.29. The van der Waals surface area contributed by atoms with Crippen LogP contribution in [0.2, 0.25) is 15.1 Å². The fourth-order valence-electron chi connectivity index (χ4n) is 2.81. The Hall–Kier alpha value is -2.48. The molecular weight excluding hydrogens is 415 g/mol. The lowest BCUT2D eigenvalue weighted by atomic mass is 10.1. The number of hydrogen-bond donors (Lipinski definition) is 0. The van der Waals surface area contributed by atoms with E-state index in [9.17, 15) is 4.79 Å². The molecule has 0 saturated heterocycles. The fourth-order valence-corrected chi connectivity index (χ4v) is 3.49. The molecule has 1 aliphatic rings. The average Bonchev–Trinajstić information content (AvgIpc) is 3.03. The Morgan fingerprint density at radius 2 is 1.74 bits per heavy atom. The Morgan fingerprint density at radius 1 is 1.04 bits per heavy atom. The van der Waals surface area contributed by atoms with Gasteiger partial charge in [-0.1, -0.05) is 34.8 Å². The smallest absolute Gasteiger partial charge is 0.437 e. The summed E-state index contributed by atoms with van der Waals surface area (Å²) in [5.41, 5.74) is 2.22. The molecule has 0 unspecified atom stereocenters. The van der Waals surface area contributed by atoms with Crippen molar-refractivity contribution in [2.24, 2.45) is 0 Å². The van der Waals surface area contributed by atoms with Crippen LogP contribution in [-0.4, -0.2) is 28.0 Å². The zero-order chi connectivity index (χ0) is 19.1. The molecule has 10 heteroatoms. The second kappa shape index (κ2) is 6.92. The number of hydrogen-bond acceptors (Lipinski definition) is 6. The first-order chi connectivity index (χ1) is 13.0. The molecule has 1 aromatic heterocycles. The van der Waals surface area contributed by atoms with E-state index in [1.165, 1.54) is 7.11 Å². The Bertz CT molecular complexity index is 1050. The number of carbonyl (C=O) groups excluding carboxylic acids is 1. The number of ether oxygens (including phenoxy) is 2. The quantitative estimate of drug-likeness (QED) is 0.537. The van der Waals surface area contributed by atoms with Gasteiger partial charge >= 0.3 is 12.2 Å². The summed E-state index contributed by atoms with van der Waals surface area (Å²) in [6.45, 7) is 0.341. The first kappa shape index (κ1) is 17.9. The molecule has 0 aliphatic carbocycles. The summed E-state index contributed by atoms with van der Waals surface area (Å²) in [6.07, 6.45) is -0.901. The van der Waals surface area contributed by atoms with Crippen molar-refractivity contribution in [2.75, 3.05) is 12.0 Å². The molecule has 27 heavy (non-hydrogen) atoms. The molecule has 3 aromatic rings. The molecule has 138 valence electrons. The summed E-state index contributed by atoms with van der Waals surface area (Å²) < 4.78 is 11.0. The van der Waals surface area contributed by atoms with E-state index < -0.39 is 6.16 Å². The molecular formula is C17H11Cl3N4O3. The second-order valence-electron chi connectivity index (χ2n) is 5.59. The number of nitrogens with zero attached hydrogens (tertiary/aromatic N) is 4. The molecule has 7 nitrogen and oxygen atoms in total. The van der Waals surface area contributed by atoms with Crippen LogP contribution in [0.15, 0.2) is 36.4 Å². The molecule has 0 bridgehead atoms. The van der Waals surface area contributed by atoms with Crippen molar-refractivity contribution in [3.05, 3.63) is 57.3 Å². The van der Waals surface area contributed by atoms with Gasteiger partial charge in [0.15, 0.2) is 5.82 Å². The molecule has 2 aromatic carbocycles. The molecule has 1 aliphatic heterocycles. The lowest BCUT2D eigenvalue weighted by Gasteiger charge is -2.31. The van der Waals surface area contributed by atoms with Gasteiger partial charge in [0.2, 0.25) is 0 Å². The monoisotopic (exact) mass is 424 g/mol. The van der Waals surface area contributed by atoms with Crippen molar-refractivity contribution < 1.29 is 14.3 Å². The van der Waals surface area contributed by atoms with E-state index in [0.717, 1.165) is 11.4 Å². The van der Waals surface area contributed by atoms with Gasteiger partial charge in [0, 0.05) is 10.0 Å². The molecule has 0 atom stereocenters. The number of rotatable bonds is 2. The maximum atomic E-state index is 11.4. The van der Waals surface area contributed by atoms with Gasteiger partial charge in [-0.15, -0.1) is 5.10 Å². The van der Waals surface area contributed by atoms with Crippen molar-refractivity contribution in [3.8, 4) is 11.7 Å². The van der Waals surface area contributed by atoms with Crippen molar-refractivity contribution in [1.29, 1.82) is 0 Å². The van der Waals surface area contributed by atoms with E-state index in [2.05, 4.69) is 14.8 Å². The number of methoxy groups -OCH3 is 1. The Kier molecular flexibility index (Phi) is 4.59. The van der Waals surface area contributed by atoms with Crippen LogP contribution < -0.4 is 9.64 Å². The first-order valence-corrected chi connectivity index (χ1v) is 8.84. The third-order valence-corrected chi connectivity index (χ3v) is 4.73. The number of fused-ring (bicyclic) bond motifs is 3. The Morgan fingerprint density at radius 3 is 2.44 bits per heavy atom. The van der Waals surface area contributed by atoms with Gasteiger partial charge in [0.25, 0.3) is 0 Å². The highest BCUT2D eigenvalue weighted by Gasteiger charge is 2.28. The largest absolute Gasteiger partial charge is 0.516 e. The minimum absolute atomic E-state index is 0.119. The average molecular weight is 426 g/mol. The van der Waals surface area contributed by atoms with Crippen LogP contribution >= 0.6 is 34.8 Å². The summed E-state index contributed by atoms with van der Waals surface area (Å²) in [5.74, 6) is 0.537. The summed E-state index contributed by atoms with van der Waals surface area (Å²) in [7, 11) is 1.21. The normalized spacial score (nSPS) is 12.4. The zero-order valence-corrected chi connectivity index (χ0v) is 16.1. The number of aromatic nitrogens is 3. The Balaban J connectivity index is 1.84. The zero-order valence-electron chi connectivity index (χ0n) is 13.8. The highest BCUT2D eigenvalue weighted by molar-refractivity contribution is 6.36. The number of anilines is 2. The maximum absolute atomic E-state index is 11.4. The predicted molar refractivity (Wildman–Crippen MR) is 102 cm³/mol. The number of benzene rings is 2. The maximum Gasteiger partial charge on any atom is 0.516 e. The highest BCUT2D eigenvalue weighted by atomic mass is 35.5. The molecule has 0 N–H and O–H groups in total. The van der Waals surface area contributed by atoms with Gasteiger partial charge in [0.1, 0.15) is 0 Å². The molecule has 0 spiro atoms. The van der Waals surface area contributed by atoms with Gasteiger partial charge < -0.3 is 14.4 Å². The summed E-state index contributed by atoms with van der Waals surface area (Å²) in [5, 5.41) is 5.78.